The molecule has 0 aliphatic rings. The van der Waals surface area contributed by atoms with Crippen molar-refractivity contribution in [3.05, 3.63) is 67.9 Å². The van der Waals surface area contributed by atoms with Crippen molar-refractivity contribution in [2.45, 2.75) is 31.5 Å². The number of aromatic nitrogens is 3. The van der Waals surface area contributed by atoms with E-state index >= 15 is 0 Å². The SMILES string of the molecule is CC(C)C[C@H](NC(=O)c1ccc(Cl)cc1Cl)c1nnc(SCC(=O)Nc2cccc(Cl)c2Cl)n1C. The molecule has 0 aliphatic carbocycles. The fraction of sp³-hybridized carbons (Fsp3) is 0.304. The first-order chi connectivity index (χ1) is 16.6. The number of thioether (sulfide) groups is 1. The van der Waals surface area contributed by atoms with E-state index in [1.807, 2.05) is 13.8 Å². The number of carbonyl (C=O) groups excluding carboxylic acids is 2. The molecule has 1 aromatic heterocycles. The molecule has 0 saturated carbocycles. The molecule has 3 rings (SSSR count). The molecule has 0 bridgehead atoms. The molecule has 2 N–H and O–H groups in total. The zero-order valence-electron chi connectivity index (χ0n) is 19.1. The van der Waals surface area contributed by atoms with Gasteiger partial charge in [0.25, 0.3) is 5.91 Å². The van der Waals surface area contributed by atoms with Crippen LogP contribution in [0.2, 0.25) is 20.1 Å². The molecule has 7 nitrogen and oxygen atoms in total. The summed E-state index contributed by atoms with van der Waals surface area (Å²) in [4.78, 5) is 25.4. The third-order valence-electron chi connectivity index (χ3n) is 4.93. The molecule has 3 aromatic rings. The van der Waals surface area contributed by atoms with Gasteiger partial charge in [0, 0.05) is 12.1 Å². The Hall–Kier alpha value is -1.97. The molecule has 0 spiro atoms. The second-order valence-corrected chi connectivity index (χ2v) is 10.7. The summed E-state index contributed by atoms with van der Waals surface area (Å²) in [6, 6.07) is 9.31. The van der Waals surface area contributed by atoms with Gasteiger partial charge in [-0.05, 0) is 42.7 Å². The summed E-state index contributed by atoms with van der Waals surface area (Å²) < 4.78 is 1.76. The third-order valence-corrected chi connectivity index (χ3v) is 7.31. The Morgan fingerprint density at radius 1 is 1.06 bits per heavy atom. The minimum absolute atomic E-state index is 0.0798. The first-order valence-electron chi connectivity index (χ1n) is 10.6. The van der Waals surface area contributed by atoms with Crippen LogP contribution in [-0.4, -0.2) is 32.3 Å². The smallest absolute Gasteiger partial charge is 0.253 e. The number of nitrogens with one attached hydrogen (secondary N) is 2. The van der Waals surface area contributed by atoms with Crippen LogP contribution in [0.3, 0.4) is 0 Å². The lowest BCUT2D eigenvalue weighted by Gasteiger charge is -2.20. The Bertz CT molecular complexity index is 1230. The molecular weight excluding hydrogens is 552 g/mol. The normalized spacial score (nSPS) is 12.0. The van der Waals surface area contributed by atoms with Crippen LogP contribution in [0, 0.1) is 5.92 Å². The second-order valence-electron chi connectivity index (χ2n) is 8.12. The number of hydrogen-bond acceptors (Lipinski definition) is 5. The van der Waals surface area contributed by atoms with Crippen molar-refractivity contribution >= 4 is 75.7 Å². The summed E-state index contributed by atoms with van der Waals surface area (Å²) in [5.41, 5.74) is 0.752. The summed E-state index contributed by atoms with van der Waals surface area (Å²) in [5.74, 6) is 0.302. The predicted molar refractivity (Wildman–Crippen MR) is 143 cm³/mol. The number of hydrogen-bond donors (Lipinski definition) is 2. The van der Waals surface area contributed by atoms with Crippen LogP contribution in [0.5, 0.6) is 0 Å². The van der Waals surface area contributed by atoms with E-state index in [9.17, 15) is 9.59 Å². The Morgan fingerprint density at radius 3 is 2.49 bits per heavy atom. The van der Waals surface area contributed by atoms with Crippen LogP contribution < -0.4 is 10.6 Å². The Kier molecular flexibility index (Phi) is 9.72. The molecule has 0 aliphatic heterocycles. The number of benzene rings is 2. The van der Waals surface area contributed by atoms with Gasteiger partial charge in [-0.25, -0.2) is 0 Å². The highest BCUT2D eigenvalue weighted by Crippen LogP contribution is 2.30. The Balaban J connectivity index is 1.71. The minimum Gasteiger partial charge on any atom is -0.342 e. The third kappa shape index (κ3) is 7.27. The lowest BCUT2D eigenvalue weighted by molar-refractivity contribution is -0.113. The van der Waals surface area contributed by atoms with Crippen molar-refractivity contribution in [3.8, 4) is 0 Å². The fourth-order valence-electron chi connectivity index (χ4n) is 3.28. The van der Waals surface area contributed by atoms with Gasteiger partial charge in [0.15, 0.2) is 11.0 Å². The molecule has 35 heavy (non-hydrogen) atoms. The van der Waals surface area contributed by atoms with Gasteiger partial charge in [0.05, 0.1) is 38.1 Å². The topological polar surface area (TPSA) is 88.9 Å². The number of nitrogens with zero attached hydrogens (tertiary/aromatic N) is 3. The van der Waals surface area contributed by atoms with Gasteiger partial charge < -0.3 is 15.2 Å². The highest BCUT2D eigenvalue weighted by molar-refractivity contribution is 7.99. The quantitative estimate of drug-likeness (QED) is 0.278. The van der Waals surface area contributed by atoms with E-state index < -0.39 is 6.04 Å². The van der Waals surface area contributed by atoms with Gasteiger partial charge in [0.1, 0.15) is 0 Å². The highest BCUT2D eigenvalue weighted by atomic mass is 35.5. The van der Waals surface area contributed by atoms with E-state index in [2.05, 4.69) is 20.8 Å². The zero-order valence-corrected chi connectivity index (χ0v) is 23.0. The van der Waals surface area contributed by atoms with E-state index in [4.69, 9.17) is 46.4 Å². The van der Waals surface area contributed by atoms with Gasteiger partial charge in [-0.3, -0.25) is 9.59 Å². The lowest BCUT2D eigenvalue weighted by Crippen LogP contribution is -2.31. The fourth-order valence-corrected chi connectivity index (χ4v) is 4.84. The standard InChI is InChI=1S/C23H23Cl4N5O2S/c1-12(2)9-18(29-22(34)14-8-7-13(24)10-16(14)26)21-30-31-23(32(21)3)35-11-19(33)28-17-6-4-5-15(25)20(17)27/h4-8,10,12,18H,9,11H2,1-3H3,(H,28,33)(H,29,34)/t18-/m0/s1. The summed E-state index contributed by atoms with van der Waals surface area (Å²) >= 11 is 25.5. The van der Waals surface area contributed by atoms with Crippen LogP contribution in [-0.2, 0) is 11.8 Å². The van der Waals surface area contributed by atoms with Crippen LogP contribution in [0.25, 0.3) is 0 Å². The largest absolute Gasteiger partial charge is 0.342 e. The molecule has 1 heterocycles. The summed E-state index contributed by atoms with van der Waals surface area (Å²) in [6.45, 7) is 4.09. The number of amides is 2. The molecule has 0 saturated heterocycles. The van der Waals surface area contributed by atoms with Crippen molar-refractivity contribution < 1.29 is 9.59 Å². The lowest BCUT2D eigenvalue weighted by atomic mass is 10.0. The van der Waals surface area contributed by atoms with E-state index in [1.165, 1.54) is 17.8 Å². The van der Waals surface area contributed by atoms with E-state index in [1.54, 1.807) is 41.9 Å². The van der Waals surface area contributed by atoms with Gasteiger partial charge in [0.2, 0.25) is 5.91 Å². The van der Waals surface area contributed by atoms with Gasteiger partial charge in [-0.1, -0.05) is 78.1 Å². The van der Waals surface area contributed by atoms with Gasteiger partial charge in [-0.2, -0.15) is 0 Å². The molecule has 0 fully saturated rings. The molecule has 1 atom stereocenters. The van der Waals surface area contributed by atoms with Crippen LogP contribution in [0.1, 0.15) is 42.5 Å². The van der Waals surface area contributed by atoms with Gasteiger partial charge in [-0.15, -0.1) is 10.2 Å². The van der Waals surface area contributed by atoms with Crippen molar-refractivity contribution in [1.82, 2.24) is 20.1 Å². The number of anilines is 1. The summed E-state index contributed by atoms with van der Waals surface area (Å²) in [5, 5.41) is 16.1. The molecule has 12 heteroatoms. The Labute approximate surface area is 227 Å². The first-order valence-corrected chi connectivity index (χ1v) is 13.1. The highest BCUT2D eigenvalue weighted by Gasteiger charge is 2.24. The van der Waals surface area contributed by atoms with Crippen molar-refractivity contribution in [1.29, 1.82) is 0 Å². The van der Waals surface area contributed by atoms with E-state index in [0.29, 0.717) is 38.7 Å². The maximum Gasteiger partial charge on any atom is 0.253 e. The van der Waals surface area contributed by atoms with E-state index in [-0.39, 0.29) is 33.5 Å². The minimum atomic E-state index is -0.416. The maximum atomic E-state index is 12.9. The molecule has 0 unspecified atom stereocenters. The number of halogens is 4. The molecule has 2 aromatic carbocycles. The van der Waals surface area contributed by atoms with E-state index in [0.717, 1.165) is 0 Å². The molecular formula is C23H23Cl4N5O2S. The van der Waals surface area contributed by atoms with Crippen LogP contribution in [0.4, 0.5) is 5.69 Å². The average Bonchev–Trinajstić information content (AvgIpc) is 3.15. The van der Waals surface area contributed by atoms with Crippen molar-refractivity contribution in [3.63, 3.8) is 0 Å². The zero-order chi connectivity index (χ0) is 25.7. The summed E-state index contributed by atoms with van der Waals surface area (Å²) in [7, 11) is 1.79. The monoisotopic (exact) mass is 573 g/mol. The molecule has 186 valence electrons. The molecule has 2 amide bonds. The second kappa shape index (κ2) is 12.3. The predicted octanol–water partition coefficient (Wildman–Crippen LogP) is 6.68. The number of carbonyl (C=O) groups is 2. The van der Waals surface area contributed by atoms with Crippen LogP contribution in [0.15, 0.2) is 41.6 Å². The van der Waals surface area contributed by atoms with Crippen molar-refractivity contribution in [2.75, 3.05) is 11.1 Å². The average molecular weight is 575 g/mol. The maximum absolute atomic E-state index is 12.9. The summed E-state index contributed by atoms with van der Waals surface area (Å²) in [6.07, 6.45) is 0.626. The molecule has 0 radical (unpaired) electrons. The van der Waals surface area contributed by atoms with Gasteiger partial charge >= 0.3 is 0 Å². The first kappa shape index (κ1) is 27.6. The Morgan fingerprint density at radius 2 is 1.80 bits per heavy atom. The van der Waals surface area contributed by atoms with Crippen LogP contribution >= 0.6 is 58.2 Å². The van der Waals surface area contributed by atoms with Crippen molar-refractivity contribution in [2.24, 2.45) is 13.0 Å². The number of rotatable bonds is 9.